The van der Waals surface area contributed by atoms with E-state index in [0.717, 1.165) is 12.4 Å². The van der Waals surface area contributed by atoms with Crippen molar-refractivity contribution in [3.8, 4) is 6.07 Å². The molecule has 2 atom stereocenters. The van der Waals surface area contributed by atoms with Crippen LogP contribution in [0, 0.1) is 11.3 Å². The van der Waals surface area contributed by atoms with Crippen LogP contribution >= 0.6 is 0 Å². The first-order valence-electron chi connectivity index (χ1n) is 9.13. The van der Waals surface area contributed by atoms with Gasteiger partial charge in [-0.3, -0.25) is 4.90 Å². The van der Waals surface area contributed by atoms with Crippen molar-refractivity contribution in [2.45, 2.75) is 50.4 Å². The normalized spacial score (nSPS) is 25.5. The summed E-state index contributed by atoms with van der Waals surface area (Å²) >= 11 is 0. The fraction of sp³-hybridized carbons (Fsp3) is 0.429. The number of piperidine rings is 1. The van der Waals surface area contributed by atoms with Crippen LogP contribution < -0.4 is 4.90 Å². The SMILES string of the molecule is CN(c1ccc(C#N)cn1)C1CC2CCC(C1)N2Cc1ccccc1. The van der Waals surface area contributed by atoms with Gasteiger partial charge in [0.15, 0.2) is 0 Å². The molecule has 0 N–H and O–H groups in total. The number of aromatic nitrogens is 1. The Bertz CT molecular complexity index is 736. The fourth-order valence-corrected chi connectivity index (χ4v) is 4.46. The average molecular weight is 332 g/mol. The molecule has 1 aromatic carbocycles. The van der Waals surface area contributed by atoms with Crippen molar-refractivity contribution >= 4 is 5.82 Å². The van der Waals surface area contributed by atoms with Gasteiger partial charge in [-0.05, 0) is 43.4 Å². The first kappa shape index (κ1) is 16.1. The van der Waals surface area contributed by atoms with Crippen molar-refractivity contribution in [2.24, 2.45) is 0 Å². The molecule has 2 unspecified atom stereocenters. The number of nitrogens with zero attached hydrogens (tertiary/aromatic N) is 4. The van der Waals surface area contributed by atoms with Gasteiger partial charge in [-0.25, -0.2) is 4.98 Å². The summed E-state index contributed by atoms with van der Waals surface area (Å²) in [5.74, 6) is 0.972. The first-order valence-corrected chi connectivity index (χ1v) is 9.13. The molecule has 2 bridgehead atoms. The highest BCUT2D eigenvalue weighted by molar-refractivity contribution is 5.42. The Kier molecular flexibility index (Phi) is 4.42. The fourth-order valence-electron chi connectivity index (χ4n) is 4.46. The van der Waals surface area contributed by atoms with Crippen molar-refractivity contribution in [3.05, 3.63) is 59.8 Å². The molecule has 4 heteroatoms. The maximum atomic E-state index is 8.93. The van der Waals surface area contributed by atoms with Crippen molar-refractivity contribution in [1.82, 2.24) is 9.88 Å². The van der Waals surface area contributed by atoms with Gasteiger partial charge in [-0.1, -0.05) is 30.3 Å². The zero-order valence-electron chi connectivity index (χ0n) is 14.7. The van der Waals surface area contributed by atoms with Crippen LogP contribution in [0.2, 0.25) is 0 Å². The van der Waals surface area contributed by atoms with Gasteiger partial charge in [0.05, 0.1) is 5.56 Å². The molecule has 0 amide bonds. The molecule has 1 aromatic heterocycles. The van der Waals surface area contributed by atoms with E-state index in [1.807, 2.05) is 12.1 Å². The van der Waals surface area contributed by atoms with Crippen molar-refractivity contribution < 1.29 is 0 Å². The molecule has 2 aliphatic rings. The summed E-state index contributed by atoms with van der Waals surface area (Å²) in [4.78, 5) is 9.50. The smallest absolute Gasteiger partial charge is 0.128 e. The van der Waals surface area contributed by atoms with Crippen LogP contribution in [0.15, 0.2) is 48.7 Å². The van der Waals surface area contributed by atoms with Crippen molar-refractivity contribution in [1.29, 1.82) is 5.26 Å². The number of benzene rings is 1. The summed E-state index contributed by atoms with van der Waals surface area (Å²) in [6.07, 6.45) is 6.68. The number of pyridine rings is 1. The second-order valence-electron chi connectivity index (χ2n) is 7.30. The van der Waals surface area contributed by atoms with Gasteiger partial charge < -0.3 is 4.90 Å². The van der Waals surface area contributed by atoms with Crippen molar-refractivity contribution in [3.63, 3.8) is 0 Å². The van der Waals surface area contributed by atoms with Gasteiger partial charge in [0.1, 0.15) is 11.9 Å². The lowest BCUT2D eigenvalue weighted by molar-refractivity contribution is 0.118. The number of hydrogen-bond acceptors (Lipinski definition) is 4. The predicted octanol–water partition coefficient (Wildman–Crippen LogP) is 3.59. The van der Waals surface area contributed by atoms with E-state index in [2.05, 4.69) is 58.2 Å². The number of anilines is 1. The maximum absolute atomic E-state index is 8.93. The molecule has 128 valence electrons. The lowest BCUT2D eigenvalue weighted by Gasteiger charge is -2.42. The minimum Gasteiger partial charge on any atom is -0.357 e. The molecule has 25 heavy (non-hydrogen) atoms. The highest BCUT2D eigenvalue weighted by atomic mass is 15.3. The summed E-state index contributed by atoms with van der Waals surface area (Å²) in [5, 5.41) is 8.93. The third kappa shape index (κ3) is 3.25. The number of hydrogen-bond donors (Lipinski definition) is 0. The van der Waals surface area contributed by atoms with Crippen LogP contribution in [0.4, 0.5) is 5.82 Å². The van der Waals surface area contributed by atoms with Crippen LogP contribution in [0.3, 0.4) is 0 Å². The molecule has 4 nitrogen and oxygen atoms in total. The van der Waals surface area contributed by atoms with Crippen LogP contribution in [0.5, 0.6) is 0 Å². The maximum Gasteiger partial charge on any atom is 0.128 e. The highest BCUT2D eigenvalue weighted by Gasteiger charge is 2.41. The second kappa shape index (κ2) is 6.85. The van der Waals surface area contributed by atoms with E-state index in [4.69, 9.17) is 5.26 Å². The van der Waals surface area contributed by atoms with E-state index in [1.165, 1.54) is 31.2 Å². The second-order valence-corrected chi connectivity index (χ2v) is 7.30. The largest absolute Gasteiger partial charge is 0.357 e. The zero-order valence-corrected chi connectivity index (χ0v) is 14.7. The minimum absolute atomic E-state index is 0.532. The number of nitriles is 1. The molecule has 2 aliphatic heterocycles. The first-order chi connectivity index (χ1) is 12.2. The Hall–Kier alpha value is -2.38. The van der Waals surface area contributed by atoms with Crippen LogP contribution in [0.25, 0.3) is 0 Å². The molecule has 2 aromatic rings. The molecular formula is C21H24N4. The molecule has 0 saturated carbocycles. The summed E-state index contributed by atoms with van der Waals surface area (Å²) in [5.41, 5.74) is 2.04. The molecule has 0 aliphatic carbocycles. The van der Waals surface area contributed by atoms with Crippen LogP contribution in [-0.4, -0.2) is 35.1 Å². The van der Waals surface area contributed by atoms with Gasteiger partial charge >= 0.3 is 0 Å². The van der Waals surface area contributed by atoms with E-state index in [1.54, 1.807) is 6.20 Å². The van der Waals surface area contributed by atoms with Crippen LogP contribution in [0.1, 0.15) is 36.8 Å². The Morgan fingerprint density at radius 2 is 1.84 bits per heavy atom. The summed E-state index contributed by atoms with van der Waals surface area (Å²) in [6, 6.07) is 18.7. The Morgan fingerprint density at radius 3 is 2.44 bits per heavy atom. The highest BCUT2D eigenvalue weighted by Crippen LogP contribution is 2.39. The summed E-state index contributed by atoms with van der Waals surface area (Å²) < 4.78 is 0. The molecule has 2 fully saturated rings. The topological polar surface area (TPSA) is 43.2 Å². The Balaban J connectivity index is 1.44. The third-order valence-corrected chi connectivity index (χ3v) is 5.85. The summed E-state index contributed by atoms with van der Waals surface area (Å²) in [7, 11) is 2.14. The molecule has 0 radical (unpaired) electrons. The monoisotopic (exact) mass is 332 g/mol. The quantitative estimate of drug-likeness (QED) is 0.858. The van der Waals surface area contributed by atoms with Gasteiger partial charge in [0.25, 0.3) is 0 Å². The molecule has 0 spiro atoms. The zero-order chi connectivity index (χ0) is 17.2. The number of fused-ring (bicyclic) bond motifs is 2. The Labute approximate surface area is 149 Å². The third-order valence-electron chi connectivity index (χ3n) is 5.85. The lowest BCUT2D eigenvalue weighted by Crippen LogP contribution is -2.49. The van der Waals surface area contributed by atoms with E-state index in [9.17, 15) is 0 Å². The molecule has 4 rings (SSSR count). The minimum atomic E-state index is 0.532. The van der Waals surface area contributed by atoms with E-state index < -0.39 is 0 Å². The average Bonchev–Trinajstić information content (AvgIpc) is 2.90. The molecule has 3 heterocycles. The van der Waals surface area contributed by atoms with Gasteiger partial charge in [0, 0.05) is 37.9 Å². The van der Waals surface area contributed by atoms with Crippen LogP contribution in [-0.2, 0) is 6.54 Å². The molecule has 2 saturated heterocycles. The molecular weight excluding hydrogens is 308 g/mol. The Morgan fingerprint density at radius 1 is 1.12 bits per heavy atom. The van der Waals surface area contributed by atoms with Crippen molar-refractivity contribution in [2.75, 3.05) is 11.9 Å². The van der Waals surface area contributed by atoms with Gasteiger partial charge in [0.2, 0.25) is 0 Å². The van der Waals surface area contributed by atoms with Gasteiger partial charge in [-0.2, -0.15) is 5.26 Å². The lowest BCUT2D eigenvalue weighted by atomic mass is 9.95. The van der Waals surface area contributed by atoms with E-state index in [-0.39, 0.29) is 0 Å². The number of rotatable bonds is 4. The predicted molar refractivity (Wildman–Crippen MR) is 99.2 cm³/mol. The van der Waals surface area contributed by atoms with E-state index >= 15 is 0 Å². The van der Waals surface area contributed by atoms with E-state index in [0.29, 0.717) is 23.7 Å². The standard InChI is InChI=1S/C21H24N4/c1-24(21-10-7-17(13-22)14-23-21)20-11-18-8-9-19(12-20)25(18)15-16-5-3-2-4-6-16/h2-7,10,14,18-20H,8-9,11-12,15H2,1H3. The summed E-state index contributed by atoms with van der Waals surface area (Å²) in [6.45, 7) is 1.07. The van der Waals surface area contributed by atoms with Gasteiger partial charge in [-0.15, -0.1) is 0 Å².